The van der Waals surface area contributed by atoms with Gasteiger partial charge in [0.2, 0.25) is 5.91 Å². The molecule has 1 N–H and O–H groups in total. The standard InChI is InChI=1S/C18H25N3OS/c1-11-6-7-14-15(12(11)2)19-17(23-14)21-9-8-13(10-21)16(22)20-18(3,4)5/h6-7,13H,8-10H2,1-5H3,(H,20,22). The summed E-state index contributed by atoms with van der Waals surface area (Å²) in [5.41, 5.74) is 3.46. The maximum absolute atomic E-state index is 12.4. The van der Waals surface area contributed by atoms with Crippen LogP contribution in [0.15, 0.2) is 12.1 Å². The first-order valence-electron chi connectivity index (χ1n) is 8.18. The second-order valence-electron chi connectivity index (χ2n) is 7.52. The highest BCUT2D eigenvalue weighted by Crippen LogP contribution is 2.34. The number of fused-ring (bicyclic) bond motifs is 1. The molecule has 0 spiro atoms. The van der Waals surface area contributed by atoms with E-state index in [-0.39, 0.29) is 17.4 Å². The van der Waals surface area contributed by atoms with Crippen LogP contribution in [0, 0.1) is 19.8 Å². The number of aromatic nitrogens is 1. The normalized spacial score (nSPS) is 18.7. The molecule has 0 radical (unpaired) electrons. The fourth-order valence-electron chi connectivity index (χ4n) is 2.97. The number of benzene rings is 1. The van der Waals surface area contributed by atoms with Crippen LogP contribution in [0.2, 0.25) is 0 Å². The summed E-state index contributed by atoms with van der Waals surface area (Å²) in [5.74, 6) is 0.220. The van der Waals surface area contributed by atoms with E-state index in [9.17, 15) is 4.79 Å². The Hall–Kier alpha value is -1.62. The summed E-state index contributed by atoms with van der Waals surface area (Å²) in [6.45, 7) is 12.0. The van der Waals surface area contributed by atoms with Crippen molar-refractivity contribution in [3.05, 3.63) is 23.3 Å². The molecular weight excluding hydrogens is 306 g/mol. The van der Waals surface area contributed by atoms with Gasteiger partial charge < -0.3 is 10.2 Å². The highest BCUT2D eigenvalue weighted by Gasteiger charge is 2.31. The summed E-state index contributed by atoms with van der Waals surface area (Å²) in [6.07, 6.45) is 0.899. The predicted molar refractivity (Wildman–Crippen MR) is 97.3 cm³/mol. The average Bonchev–Trinajstić information content (AvgIpc) is 3.07. The minimum absolute atomic E-state index is 0.0593. The third-order valence-corrected chi connectivity index (χ3v) is 5.48. The maximum atomic E-state index is 12.4. The summed E-state index contributed by atoms with van der Waals surface area (Å²) in [7, 11) is 0. The van der Waals surface area contributed by atoms with E-state index in [1.807, 2.05) is 20.8 Å². The molecule has 1 aromatic carbocycles. The first kappa shape index (κ1) is 16.2. The molecule has 23 heavy (non-hydrogen) atoms. The van der Waals surface area contributed by atoms with Gasteiger partial charge in [-0.2, -0.15) is 0 Å². The van der Waals surface area contributed by atoms with Crippen LogP contribution in [-0.2, 0) is 4.79 Å². The summed E-state index contributed by atoms with van der Waals surface area (Å²) in [6, 6.07) is 4.31. The number of nitrogens with zero attached hydrogens (tertiary/aromatic N) is 2. The quantitative estimate of drug-likeness (QED) is 0.913. The van der Waals surface area contributed by atoms with Crippen LogP contribution < -0.4 is 10.2 Å². The number of anilines is 1. The van der Waals surface area contributed by atoms with Gasteiger partial charge in [-0.05, 0) is 58.2 Å². The van der Waals surface area contributed by atoms with Crippen LogP contribution in [0.3, 0.4) is 0 Å². The Bertz CT molecular complexity index is 745. The number of carbonyl (C=O) groups is 1. The molecule has 0 bridgehead atoms. The van der Waals surface area contributed by atoms with Gasteiger partial charge in [0.25, 0.3) is 0 Å². The van der Waals surface area contributed by atoms with Gasteiger partial charge in [0.15, 0.2) is 5.13 Å². The molecule has 2 aromatic rings. The third kappa shape index (κ3) is 3.34. The molecule has 1 amide bonds. The van der Waals surface area contributed by atoms with Crippen molar-refractivity contribution in [3.8, 4) is 0 Å². The highest BCUT2D eigenvalue weighted by molar-refractivity contribution is 7.22. The Morgan fingerprint density at radius 3 is 2.78 bits per heavy atom. The van der Waals surface area contributed by atoms with E-state index in [0.717, 1.165) is 30.2 Å². The van der Waals surface area contributed by atoms with Crippen molar-refractivity contribution in [3.63, 3.8) is 0 Å². The molecule has 3 rings (SSSR count). The van der Waals surface area contributed by atoms with E-state index in [2.05, 4.69) is 36.2 Å². The molecule has 1 aliphatic heterocycles. The molecule has 5 heteroatoms. The molecule has 124 valence electrons. The van der Waals surface area contributed by atoms with Gasteiger partial charge in [0.1, 0.15) is 0 Å². The second kappa shape index (κ2) is 5.78. The number of nitrogens with one attached hydrogen (secondary N) is 1. The molecule has 0 saturated carbocycles. The van der Waals surface area contributed by atoms with E-state index >= 15 is 0 Å². The number of carbonyl (C=O) groups excluding carboxylic acids is 1. The summed E-state index contributed by atoms with van der Waals surface area (Å²) in [5, 5.41) is 4.14. The van der Waals surface area contributed by atoms with Gasteiger partial charge in [0, 0.05) is 18.6 Å². The van der Waals surface area contributed by atoms with Crippen LogP contribution in [0.4, 0.5) is 5.13 Å². The van der Waals surface area contributed by atoms with E-state index in [1.165, 1.54) is 15.8 Å². The Balaban J connectivity index is 1.77. The van der Waals surface area contributed by atoms with Crippen LogP contribution >= 0.6 is 11.3 Å². The monoisotopic (exact) mass is 331 g/mol. The van der Waals surface area contributed by atoms with Gasteiger partial charge in [-0.15, -0.1) is 0 Å². The minimum Gasteiger partial charge on any atom is -0.351 e. The van der Waals surface area contributed by atoms with Crippen molar-refractivity contribution < 1.29 is 4.79 Å². The average molecular weight is 331 g/mol. The molecule has 2 heterocycles. The fraction of sp³-hybridized carbons (Fsp3) is 0.556. The minimum atomic E-state index is -0.172. The number of aryl methyl sites for hydroxylation is 2. The molecular formula is C18H25N3OS. The predicted octanol–water partition coefficient (Wildman–Crippen LogP) is 3.65. The summed E-state index contributed by atoms with van der Waals surface area (Å²) in [4.78, 5) is 19.4. The lowest BCUT2D eigenvalue weighted by atomic mass is 10.0. The van der Waals surface area contributed by atoms with Crippen molar-refractivity contribution in [2.75, 3.05) is 18.0 Å². The SMILES string of the molecule is Cc1ccc2sc(N3CCC(C(=O)NC(C)(C)C)C3)nc2c1C. The van der Waals surface area contributed by atoms with Gasteiger partial charge in [-0.3, -0.25) is 4.79 Å². The van der Waals surface area contributed by atoms with Crippen molar-refractivity contribution in [1.29, 1.82) is 0 Å². The number of amides is 1. The van der Waals surface area contributed by atoms with Crippen LogP contribution in [0.1, 0.15) is 38.3 Å². The summed E-state index contributed by atoms with van der Waals surface area (Å²) >= 11 is 1.73. The van der Waals surface area contributed by atoms with E-state index < -0.39 is 0 Å². The van der Waals surface area contributed by atoms with Crippen molar-refractivity contribution in [1.82, 2.24) is 10.3 Å². The van der Waals surface area contributed by atoms with E-state index in [0.29, 0.717) is 0 Å². The van der Waals surface area contributed by atoms with Crippen molar-refractivity contribution in [2.24, 2.45) is 5.92 Å². The zero-order valence-electron chi connectivity index (χ0n) is 14.6. The molecule has 1 aliphatic rings. The molecule has 1 atom stereocenters. The highest BCUT2D eigenvalue weighted by atomic mass is 32.1. The van der Waals surface area contributed by atoms with Gasteiger partial charge in [-0.25, -0.2) is 4.98 Å². The third-order valence-electron chi connectivity index (χ3n) is 4.40. The number of rotatable bonds is 2. The molecule has 4 nitrogen and oxygen atoms in total. The van der Waals surface area contributed by atoms with Gasteiger partial charge >= 0.3 is 0 Å². The number of hydrogen-bond acceptors (Lipinski definition) is 4. The molecule has 0 aliphatic carbocycles. The Morgan fingerprint density at radius 1 is 1.35 bits per heavy atom. The molecule has 1 unspecified atom stereocenters. The van der Waals surface area contributed by atoms with Crippen LogP contribution in [0.5, 0.6) is 0 Å². The van der Waals surface area contributed by atoms with Crippen molar-refractivity contribution >= 4 is 32.6 Å². The fourth-order valence-corrected chi connectivity index (χ4v) is 4.03. The van der Waals surface area contributed by atoms with Crippen LogP contribution in [0.25, 0.3) is 10.2 Å². The van der Waals surface area contributed by atoms with E-state index in [4.69, 9.17) is 4.98 Å². The van der Waals surface area contributed by atoms with Gasteiger partial charge in [-0.1, -0.05) is 17.4 Å². The zero-order valence-corrected chi connectivity index (χ0v) is 15.4. The smallest absolute Gasteiger partial charge is 0.225 e. The lowest BCUT2D eigenvalue weighted by molar-refractivity contribution is -0.125. The first-order chi connectivity index (χ1) is 10.7. The largest absolute Gasteiger partial charge is 0.351 e. The van der Waals surface area contributed by atoms with Gasteiger partial charge in [0.05, 0.1) is 16.1 Å². The first-order valence-corrected chi connectivity index (χ1v) is 9.00. The summed E-state index contributed by atoms with van der Waals surface area (Å²) < 4.78 is 1.23. The van der Waals surface area contributed by atoms with Crippen LogP contribution in [-0.4, -0.2) is 29.5 Å². The number of thiazole rings is 1. The maximum Gasteiger partial charge on any atom is 0.225 e. The molecule has 1 aromatic heterocycles. The lowest BCUT2D eigenvalue weighted by Crippen LogP contribution is -2.44. The van der Waals surface area contributed by atoms with Crippen molar-refractivity contribution in [2.45, 2.75) is 46.6 Å². The Kier molecular flexibility index (Phi) is 4.08. The second-order valence-corrected chi connectivity index (χ2v) is 8.53. The Labute approximate surface area is 141 Å². The number of hydrogen-bond donors (Lipinski definition) is 1. The van der Waals surface area contributed by atoms with E-state index in [1.54, 1.807) is 11.3 Å². The molecule has 1 fully saturated rings. The lowest BCUT2D eigenvalue weighted by Gasteiger charge is -2.23. The zero-order chi connectivity index (χ0) is 16.8. The topological polar surface area (TPSA) is 45.2 Å². The molecule has 1 saturated heterocycles. The Morgan fingerprint density at radius 2 is 2.09 bits per heavy atom.